The normalized spacial score (nSPS) is 14.5. The van der Waals surface area contributed by atoms with Gasteiger partial charge in [0.1, 0.15) is 11.6 Å². The molecule has 0 spiro atoms. The minimum atomic E-state index is -0.534. The lowest BCUT2D eigenvalue weighted by atomic mass is 10.1. The van der Waals surface area contributed by atoms with E-state index in [1.54, 1.807) is 38.1 Å². The van der Waals surface area contributed by atoms with E-state index >= 15 is 0 Å². The van der Waals surface area contributed by atoms with E-state index in [-0.39, 0.29) is 17.2 Å². The first-order valence-electron chi connectivity index (χ1n) is 6.76. The van der Waals surface area contributed by atoms with Crippen molar-refractivity contribution >= 4 is 33.2 Å². The standard InChI is InChI=1S/C16H11BrN4O2/c1-8-5-9(2)21(16(23)12(8)7-18)20-14-11-6-10(17)3-4-13(11)19-15(14)22/h3-6H,1-2H3,(H,19,20,22). The predicted octanol–water partition coefficient (Wildman–Crippen LogP) is 2.30. The topological polar surface area (TPSA) is 87.2 Å². The molecule has 1 N–H and O–H groups in total. The molecule has 114 valence electrons. The second-order valence-electron chi connectivity index (χ2n) is 5.17. The molecule has 6 nitrogen and oxygen atoms in total. The summed E-state index contributed by atoms with van der Waals surface area (Å²) in [5, 5.41) is 16.0. The van der Waals surface area contributed by atoms with Gasteiger partial charge in [-0.05, 0) is 43.7 Å². The van der Waals surface area contributed by atoms with Gasteiger partial charge in [-0.2, -0.15) is 15.0 Å². The van der Waals surface area contributed by atoms with E-state index in [0.717, 1.165) is 9.15 Å². The number of fused-ring (bicyclic) bond motifs is 1. The highest BCUT2D eigenvalue weighted by Gasteiger charge is 2.27. The zero-order valence-corrected chi connectivity index (χ0v) is 13.9. The van der Waals surface area contributed by atoms with Gasteiger partial charge in [0.25, 0.3) is 11.5 Å². The number of halogens is 1. The van der Waals surface area contributed by atoms with E-state index in [0.29, 0.717) is 22.5 Å². The van der Waals surface area contributed by atoms with Crippen molar-refractivity contribution in [2.75, 3.05) is 5.32 Å². The highest BCUT2D eigenvalue weighted by molar-refractivity contribution is 9.10. The van der Waals surface area contributed by atoms with Gasteiger partial charge in [-0.1, -0.05) is 15.9 Å². The van der Waals surface area contributed by atoms with E-state index in [2.05, 4.69) is 26.3 Å². The van der Waals surface area contributed by atoms with Crippen molar-refractivity contribution in [2.24, 2.45) is 5.10 Å². The molecule has 7 heteroatoms. The zero-order valence-electron chi connectivity index (χ0n) is 12.3. The molecule has 3 rings (SSSR count). The molecule has 0 aliphatic carbocycles. The highest BCUT2D eigenvalue weighted by Crippen LogP contribution is 2.27. The number of hydrogen-bond acceptors (Lipinski definition) is 4. The van der Waals surface area contributed by atoms with Crippen LogP contribution in [0.2, 0.25) is 0 Å². The smallest absolute Gasteiger partial charge is 0.289 e. The number of hydrogen-bond donors (Lipinski definition) is 1. The van der Waals surface area contributed by atoms with Crippen LogP contribution in [0.15, 0.2) is 38.6 Å². The first-order chi connectivity index (χ1) is 10.9. The van der Waals surface area contributed by atoms with Crippen molar-refractivity contribution < 1.29 is 4.79 Å². The molecule has 23 heavy (non-hydrogen) atoms. The number of rotatable bonds is 1. The third-order valence-electron chi connectivity index (χ3n) is 3.57. The number of carbonyl (C=O) groups is 1. The summed E-state index contributed by atoms with van der Waals surface area (Å²) in [6, 6.07) is 8.89. The molecule has 0 radical (unpaired) electrons. The number of carbonyl (C=O) groups excluding carboxylic acids is 1. The van der Waals surface area contributed by atoms with Crippen LogP contribution in [0.3, 0.4) is 0 Å². The maximum absolute atomic E-state index is 12.4. The molecule has 0 atom stereocenters. The first-order valence-corrected chi connectivity index (χ1v) is 7.55. The van der Waals surface area contributed by atoms with Gasteiger partial charge < -0.3 is 5.32 Å². The molecule has 2 heterocycles. The average molecular weight is 371 g/mol. The largest absolute Gasteiger partial charge is 0.320 e. The van der Waals surface area contributed by atoms with Crippen LogP contribution in [-0.2, 0) is 4.79 Å². The first kappa shape index (κ1) is 15.2. The van der Waals surface area contributed by atoms with Gasteiger partial charge in [-0.3, -0.25) is 9.59 Å². The molecule has 1 aliphatic rings. The Morgan fingerprint density at radius 3 is 2.70 bits per heavy atom. The highest BCUT2D eigenvalue weighted by atomic mass is 79.9. The van der Waals surface area contributed by atoms with Gasteiger partial charge in [0, 0.05) is 15.7 Å². The van der Waals surface area contributed by atoms with Crippen LogP contribution < -0.4 is 10.9 Å². The summed E-state index contributed by atoms with van der Waals surface area (Å²) in [5.41, 5.74) is 2.01. The zero-order chi connectivity index (χ0) is 16.7. The fraction of sp³-hybridized carbons (Fsp3) is 0.125. The van der Waals surface area contributed by atoms with Crippen molar-refractivity contribution in [1.29, 1.82) is 5.26 Å². The number of pyridine rings is 1. The van der Waals surface area contributed by atoms with Crippen molar-refractivity contribution in [2.45, 2.75) is 13.8 Å². The number of nitrogens with zero attached hydrogens (tertiary/aromatic N) is 3. The number of benzene rings is 1. The Morgan fingerprint density at radius 2 is 2.00 bits per heavy atom. The average Bonchev–Trinajstić information content (AvgIpc) is 2.79. The van der Waals surface area contributed by atoms with E-state index < -0.39 is 5.56 Å². The molecule has 1 aromatic heterocycles. The predicted molar refractivity (Wildman–Crippen MR) is 89.6 cm³/mol. The Bertz CT molecular complexity index is 983. The molecule has 0 bridgehead atoms. The van der Waals surface area contributed by atoms with E-state index in [9.17, 15) is 9.59 Å². The molecule has 1 amide bonds. The minimum absolute atomic E-state index is 0.0211. The number of anilines is 1. The molecule has 0 fully saturated rings. The summed E-state index contributed by atoms with van der Waals surface area (Å²) in [7, 11) is 0. The molecular formula is C16H11BrN4O2. The number of aromatic nitrogens is 1. The Hall–Kier alpha value is -2.72. The SMILES string of the molecule is Cc1cc(C)n(/N=C2/C(=O)Nc3ccc(Br)cc32)c(=O)c1C#N. The van der Waals surface area contributed by atoms with Crippen LogP contribution in [0.4, 0.5) is 5.69 Å². The Labute approximate surface area is 140 Å². The van der Waals surface area contributed by atoms with Crippen molar-refractivity contribution in [3.05, 3.63) is 61.5 Å². The maximum Gasteiger partial charge on any atom is 0.289 e. The van der Waals surface area contributed by atoms with Crippen molar-refractivity contribution in [1.82, 2.24) is 4.68 Å². The van der Waals surface area contributed by atoms with Gasteiger partial charge in [0.05, 0.1) is 5.69 Å². The van der Waals surface area contributed by atoms with Gasteiger partial charge in [-0.15, -0.1) is 0 Å². The summed E-state index contributed by atoms with van der Waals surface area (Å²) < 4.78 is 1.89. The minimum Gasteiger partial charge on any atom is -0.320 e. The lowest BCUT2D eigenvalue weighted by Gasteiger charge is -2.07. The van der Waals surface area contributed by atoms with Gasteiger partial charge >= 0.3 is 0 Å². The molecule has 0 unspecified atom stereocenters. The summed E-state index contributed by atoms with van der Waals surface area (Å²) in [4.78, 5) is 24.6. The number of nitrogens with one attached hydrogen (secondary N) is 1. The van der Waals surface area contributed by atoms with Crippen LogP contribution >= 0.6 is 15.9 Å². The van der Waals surface area contributed by atoms with E-state index in [4.69, 9.17) is 5.26 Å². The quantitative estimate of drug-likeness (QED) is 0.835. The second kappa shape index (κ2) is 5.48. The Kier molecular flexibility index (Phi) is 3.62. The number of amides is 1. The summed E-state index contributed by atoms with van der Waals surface area (Å²) in [6.45, 7) is 3.40. The number of aryl methyl sites for hydroxylation is 2. The lowest BCUT2D eigenvalue weighted by molar-refractivity contribution is -0.110. The Morgan fingerprint density at radius 1 is 1.26 bits per heavy atom. The number of nitriles is 1. The van der Waals surface area contributed by atoms with Crippen LogP contribution in [0.5, 0.6) is 0 Å². The summed E-state index contributed by atoms with van der Waals surface area (Å²) in [6.07, 6.45) is 0. The molecule has 1 aromatic carbocycles. The van der Waals surface area contributed by atoms with Crippen molar-refractivity contribution in [3.63, 3.8) is 0 Å². The molecule has 2 aromatic rings. The maximum atomic E-state index is 12.4. The van der Waals surface area contributed by atoms with E-state index in [1.807, 2.05) is 6.07 Å². The molecule has 1 aliphatic heterocycles. The fourth-order valence-electron chi connectivity index (χ4n) is 2.47. The van der Waals surface area contributed by atoms with Crippen molar-refractivity contribution in [3.8, 4) is 6.07 Å². The fourth-order valence-corrected chi connectivity index (χ4v) is 2.83. The van der Waals surface area contributed by atoms with Gasteiger partial charge in [-0.25, -0.2) is 0 Å². The molecule has 0 saturated carbocycles. The summed E-state index contributed by atoms with van der Waals surface area (Å²) >= 11 is 3.35. The molecular weight excluding hydrogens is 360 g/mol. The third kappa shape index (κ3) is 2.47. The van der Waals surface area contributed by atoms with E-state index in [1.165, 1.54) is 0 Å². The van der Waals surface area contributed by atoms with Crippen LogP contribution in [-0.4, -0.2) is 16.3 Å². The third-order valence-corrected chi connectivity index (χ3v) is 4.07. The summed E-state index contributed by atoms with van der Waals surface area (Å²) in [5.74, 6) is -0.386. The lowest BCUT2D eigenvalue weighted by Crippen LogP contribution is -2.26. The van der Waals surface area contributed by atoms with Crippen LogP contribution in [0.25, 0.3) is 0 Å². The monoisotopic (exact) mass is 370 g/mol. The van der Waals surface area contributed by atoms with Gasteiger partial charge in [0.15, 0.2) is 5.71 Å². The second-order valence-corrected chi connectivity index (χ2v) is 6.08. The van der Waals surface area contributed by atoms with Crippen LogP contribution in [0, 0.1) is 25.2 Å². The Balaban J connectivity index is 2.26. The molecule has 0 saturated heterocycles. The van der Waals surface area contributed by atoms with Crippen LogP contribution in [0.1, 0.15) is 22.4 Å². The van der Waals surface area contributed by atoms with Gasteiger partial charge in [0.2, 0.25) is 0 Å².